The molecule has 1 aliphatic carbocycles. The van der Waals surface area contributed by atoms with Crippen LogP contribution < -0.4 is 10.6 Å². The van der Waals surface area contributed by atoms with Gasteiger partial charge in [0, 0.05) is 36.0 Å². The largest absolute Gasteiger partial charge is 0.335 e. The standard InChI is InChI=1S/C16H24N6O/c1-4-10(2)22-11(3)7-15(21-22)19-16(23)18-13-6-5-12-9-17-20-14(12)8-13/h7,9-10,13H,4-6,8H2,1-3H3,(H,17,20)(H2,18,19,21,23). The fourth-order valence-corrected chi connectivity index (χ4v) is 3.04. The first-order valence-corrected chi connectivity index (χ1v) is 8.21. The van der Waals surface area contributed by atoms with E-state index in [1.54, 1.807) is 0 Å². The summed E-state index contributed by atoms with van der Waals surface area (Å²) in [6.45, 7) is 6.25. The lowest BCUT2D eigenvalue weighted by molar-refractivity contribution is 0.247. The Balaban J connectivity index is 1.58. The number of H-pyrrole nitrogens is 1. The molecule has 0 saturated heterocycles. The van der Waals surface area contributed by atoms with E-state index in [4.69, 9.17) is 0 Å². The monoisotopic (exact) mass is 316 g/mol. The maximum atomic E-state index is 12.2. The molecule has 3 N–H and O–H groups in total. The molecule has 7 heteroatoms. The zero-order valence-electron chi connectivity index (χ0n) is 13.9. The smallest absolute Gasteiger partial charge is 0.320 e. The lowest BCUT2D eigenvalue weighted by Gasteiger charge is -2.22. The number of hydrogen-bond acceptors (Lipinski definition) is 3. The summed E-state index contributed by atoms with van der Waals surface area (Å²) in [4.78, 5) is 12.2. The van der Waals surface area contributed by atoms with Gasteiger partial charge in [0.15, 0.2) is 5.82 Å². The number of anilines is 1. The number of nitrogens with zero attached hydrogens (tertiary/aromatic N) is 3. The number of carbonyl (C=O) groups excluding carboxylic acids is 1. The Morgan fingerprint density at radius 3 is 3.17 bits per heavy atom. The number of rotatable bonds is 4. The van der Waals surface area contributed by atoms with Gasteiger partial charge in [0.2, 0.25) is 0 Å². The second-order valence-corrected chi connectivity index (χ2v) is 6.28. The summed E-state index contributed by atoms with van der Waals surface area (Å²) < 4.78 is 1.95. The Bertz CT molecular complexity index is 689. The first-order valence-electron chi connectivity index (χ1n) is 8.21. The van der Waals surface area contributed by atoms with E-state index in [9.17, 15) is 4.79 Å². The number of nitrogens with one attached hydrogen (secondary N) is 3. The molecule has 0 fully saturated rings. The SMILES string of the molecule is CCC(C)n1nc(NC(=O)NC2CCc3cn[nH]c3C2)cc1C. The van der Waals surface area contributed by atoms with Crippen molar-refractivity contribution in [2.45, 2.75) is 58.5 Å². The van der Waals surface area contributed by atoms with Crippen LogP contribution in [0.25, 0.3) is 0 Å². The van der Waals surface area contributed by atoms with Crippen LogP contribution in [0.15, 0.2) is 12.3 Å². The number of aromatic nitrogens is 4. The first kappa shape index (κ1) is 15.6. The van der Waals surface area contributed by atoms with Gasteiger partial charge in [-0.15, -0.1) is 0 Å². The molecule has 0 aliphatic heterocycles. The van der Waals surface area contributed by atoms with Crippen molar-refractivity contribution < 1.29 is 4.79 Å². The fraction of sp³-hybridized carbons (Fsp3) is 0.562. The van der Waals surface area contributed by atoms with Crippen LogP contribution in [0.4, 0.5) is 10.6 Å². The van der Waals surface area contributed by atoms with Gasteiger partial charge in [-0.25, -0.2) is 4.79 Å². The van der Waals surface area contributed by atoms with Crippen molar-refractivity contribution in [3.63, 3.8) is 0 Å². The van der Waals surface area contributed by atoms with Crippen LogP contribution in [0.5, 0.6) is 0 Å². The van der Waals surface area contributed by atoms with E-state index >= 15 is 0 Å². The highest BCUT2D eigenvalue weighted by Crippen LogP contribution is 2.19. The van der Waals surface area contributed by atoms with Crippen LogP contribution in [0, 0.1) is 6.92 Å². The quantitative estimate of drug-likeness (QED) is 0.810. The Labute approximate surface area is 135 Å². The van der Waals surface area contributed by atoms with Crippen LogP contribution in [0.3, 0.4) is 0 Å². The van der Waals surface area contributed by atoms with Gasteiger partial charge >= 0.3 is 6.03 Å². The summed E-state index contributed by atoms with van der Waals surface area (Å²) in [5.74, 6) is 0.596. The van der Waals surface area contributed by atoms with Gasteiger partial charge in [-0.2, -0.15) is 10.2 Å². The molecular formula is C16H24N6O. The van der Waals surface area contributed by atoms with Gasteiger partial charge in [-0.3, -0.25) is 15.1 Å². The Kier molecular flexibility index (Phi) is 4.36. The Morgan fingerprint density at radius 1 is 1.57 bits per heavy atom. The number of hydrogen-bond donors (Lipinski definition) is 3. The number of amides is 2. The predicted molar refractivity (Wildman–Crippen MR) is 88.5 cm³/mol. The molecule has 2 heterocycles. The van der Waals surface area contributed by atoms with Gasteiger partial charge in [0.05, 0.1) is 6.20 Å². The van der Waals surface area contributed by atoms with Crippen molar-refractivity contribution in [1.29, 1.82) is 0 Å². The molecule has 2 atom stereocenters. The third-order valence-corrected chi connectivity index (χ3v) is 4.53. The third kappa shape index (κ3) is 3.38. The summed E-state index contributed by atoms with van der Waals surface area (Å²) in [5.41, 5.74) is 3.43. The molecule has 23 heavy (non-hydrogen) atoms. The van der Waals surface area contributed by atoms with Crippen molar-refractivity contribution in [1.82, 2.24) is 25.3 Å². The van der Waals surface area contributed by atoms with Crippen LogP contribution >= 0.6 is 0 Å². The molecule has 0 radical (unpaired) electrons. The van der Waals surface area contributed by atoms with Crippen molar-refractivity contribution >= 4 is 11.8 Å². The van der Waals surface area contributed by atoms with E-state index in [0.717, 1.165) is 37.1 Å². The first-order chi connectivity index (χ1) is 11.1. The lowest BCUT2D eigenvalue weighted by atomic mass is 9.94. The van der Waals surface area contributed by atoms with Crippen LogP contribution in [-0.4, -0.2) is 32.1 Å². The zero-order valence-corrected chi connectivity index (χ0v) is 13.9. The average molecular weight is 316 g/mol. The molecule has 2 aromatic rings. The van der Waals surface area contributed by atoms with Gasteiger partial charge in [-0.05, 0) is 38.7 Å². The number of urea groups is 1. The molecule has 0 saturated carbocycles. The van der Waals surface area contributed by atoms with E-state index in [0.29, 0.717) is 11.9 Å². The van der Waals surface area contributed by atoms with Crippen molar-refractivity contribution in [3.8, 4) is 0 Å². The van der Waals surface area contributed by atoms with E-state index < -0.39 is 0 Å². The molecule has 2 amide bonds. The highest BCUT2D eigenvalue weighted by molar-refractivity contribution is 5.88. The summed E-state index contributed by atoms with van der Waals surface area (Å²) in [5, 5.41) is 17.4. The van der Waals surface area contributed by atoms with Gasteiger partial charge < -0.3 is 5.32 Å². The van der Waals surface area contributed by atoms with Crippen LogP contribution in [0.1, 0.15) is 49.7 Å². The molecule has 3 rings (SSSR count). The summed E-state index contributed by atoms with van der Waals surface area (Å²) in [7, 11) is 0. The maximum absolute atomic E-state index is 12.2. The summed E-state index contributed by atoms with van der Waals surface area (Å²) >= 11 is 0. The van der Waals surface area contributed by atoms with Gasteiger partial charge in [-0.1, -0.05) is 6.92 Å². The highest BCUT2D eigenvalue weighted by Gasteiger charge is 2.22. The van der Waals surface area contributed by atoms with E-state index in [2.05, 4.69) is 39.8 Å². The summed E-state index contributed by atoms with van der Waals surface area (Å²) in [6, 6.07) is 2.15. The zero-order chi connectivity index (χ0) is 16.4. The number of aromatic amines is 1. The number of aryl methyl sites for hydroxylation is 2. The molecular weight excluding hydrogens is 292 g/mol. The minimum Gasteiger partial charge on any atom is -0.335 e. The van der Waals surface area contributed by atoms with E-state index in [1.807, 2.05) is 23.9 Å². The minimum atomic E-state index is -0.202. The van der Waals surface area contributed by atoms with E-state index in [1.165, 1.54) is 5.56 Å². The number of fused-ring (bicyclic) bond motifs is 1. The average Bonchev–Trinajstić information content (AvgIpc) is 3.12. The highest BCUT2D eigenvalue weighted by atomic mass is 16.2. The van der Waals surface area contributed by atoms with E-state index in [-0.39, 0.29) is 12.1 Å². The maximum Gasteiger partial charge on any atom is 0.320 e. The predicted octanol–water partition coefficient (Wildman–Crippen LogP) is 2.56. The third-order valence-electron chi connectivity index (χ3n) is 4.53. The molecule has 0 bridgehead atoms. The van der Waals surface area contributed by atoms with Crippen LogP contribution in [0.2, 0.25) is 0 Å². The lowest BCUT2D eigenvalue weighted by Crippen LogP contribution is -2.41. The van der Waals surface area contributed by atoms with Crippen molar-refractivity contribution in [2.24, 2.45) is 0 Å². The molecule has 7 nitrogen and oxygen atoms in total. The second-order valence-electron chi connectivity index (χ2n) is 6.28. The van der Waals surface area contributed by atoms with Crippen molar-refractivity contribution in [3.05, 3.63) is 29.2 Å². The number of carbonyl (C=O) groups is 1. The second kappa shape index (κ2) is 6.44. The molecule has 2 unspecified atom stereocenters. The Hall–Kier alpha value is -2.31. The molecule has 2 aromatic heterocycles. The molecule has 1 aliphatic rings. The topological polar surface area (TPSA) is 87.6 Å². The molecule has 0 aromatic carbocycles. The summed E-state index contributed by atoms with van der Waals surface area (Å²) in [6.07, 6.45) is 5.54. The van der Waals surface area contributed by atoms with Crippen LogP contribution in [-0.2, 0) is 12.8 Å². The Morgan fingerprint density at radius 2 is 2.39 bits per heavy atom. The normalized spacial score (nSPS) is 18.3. The van der Waals surface area contributed by atoms with Gasteiger partial charge in [0.1, 0.15) is 0 Å². The fourth-order valence-electron chi connectivity index (χ4n) is 3.04. The molecule has 124 valence electrons. The van der Waals surface area contributed by atoms with Crippen molar-refractivity contribution in [2.75, 3.05) is 5.32 Å². The molecule has 0 spiro atoms. The minimum absolute atomic E-state index is 0.126. The van der Waals surface area contributed by atoms with Gasteiger partial charge in [0.25, 0.3) is 0 Å².